The average Bonchev–Trinajstić information content (AvgIpc) is 3.10. The number of thiol groups is 1. The van der Waals surface area contributed by atoms with Gasteiger partial charge >= 0.3 is 5.97 Å². The Morgan fingerprint density at radius 1 is 1.13 bits per heavy atom. The summed E-state index contributed by atoms with van der Waals surface area (Å²) >= 11 is 4.68. The SMILES string of the molecule is CCCc1nc2c(S)cc(OCCCCCC(=O)OC)cc2n1-c1ccc(C)cc1. The van der Waals surface area contributed by atoms with Gasteiger partial charge in [-0.2, -0.15) is 0 Å². The second-order valence-electron chi connectivity index (χ2n) is 7.49. The Bertz CT molecular complexity index is 996. The summed E-state index contributed by atoms with van der Waals surface area (Å²) in [6, 6.07) is 12.5. The van der Waals surface area contributed by atoms with Crippen LogP contribution in [0.4, 0.5) is 0 Å². The van der Waals surface area contributed by atoms with Gasteiger partial charge in [0.1, 0.15) is 17.1 Å². The van der Waals surface area contributed by atoms with Gasteiger partial charge in [-0.25, -0.2) is 4.98 Å². The number of aryl methyl sites for hydroxylation is 2. The molecule has 0 bridgehead atoms. The lowest BCUT2D eigenvalue weighted by Crippen LogP contribution is -2.02. The molecule has 3 rings (SSSR count). The molecule has 6 heteroatoms. The molecule has 5 nitrogen and oxygen atoms in total. The number of nitrogens with zero attached hydrogens (tertiary/aromatic N) is 2. The molecule has 1 heterocycles. The second kappa shape index (κ2) is 10.5. The number of carbonyl (C=O) groups excluding carboxylic acids is 1. The van der Waals surface area contributed by atoms with Gasteiger partial charge in [0.25, 0.3) is 0 Å². The fourth-order valence-corrected chi connectivity index (χ4v) is 3.77. The van der Waals surface area contributed by atoms with E-state index in [2.05, 4.69) is 66.1 Å². The third-order valence-corrected chi connectivity index (χ3v) is 5.41. The molecule has 0 saturated carbocycles. The van der Waals surface area contributed by atoms with Crippen LogP contribution in [0.1, 0.15) is 50.4 Å². The van der Waals surface area contributed by atoms with Gasteiger partial charge in [0.05, 0.1) is 19.2 Å². The summed E-state index contributed by atoms with van der Waals surface area (Å²) in [5.74, 6) is 1.66. The summed E-state index contributed by atoms with van der Waals surface area (Å²) in [6.45, 7) is 4.85. The number of unbranched alkanes of at least 4 members (excludes halogenated alkanes) is 2. The molecule has 0 aliphatic carbocycles. The molecule has 0 aliphatic heterocycles. The zero-order valence-electron chi connectivity index (χ0n) is 18.0. The van der Waals surface area contributed by atoms with Gasteiger partial charge in [-0.1, -0.05) is 24.6 Å². The minimum absolute atomic E-state index is 0.159. The monoisotopic (exact) mass is 426 g/mol. The molecule has 0 fully saturated rings. The van der Waals surface area contributed by atoms with Crippen LogP contribution in [0, 0.1) is 6.92 Å². The van der Waals surface area contributed by atoms with E-state index in [-0.39, 0.29) is 5.97 Å². The summed E-state index contributed by atoms with van der Waals surface area (Å²) in [7, 11) is 1.42. The Labute approximate surface area is 183 Å². The van der Waals surface area contributed by atoms with E-state index in [1.165, 1.54) is 12.7 Å². The molecular formula is C24H30N2O3S. The molecule has 30 heavy (non-hydrogen) atoms. The average molecular weight is 427 g/mol. The Morgan fingerprint density at radius 2 is 1.90 bits per heavy atom. The molecule has 3 aromatic rings. The first-order chi connectivity index (χ1) is 14.5. The highest BCUT2D eigenvalue weighted by Crippen LogP contribution is 2.31. The van der Waals surface area contributed by atoms with Crippen molar-refractivity contribution in [3.05, 3.63) is 47.8 Å². The van der Waals surface area contributed by atoms with Crippen LogP contribution < -0.4 is 4.74 Å². The van der Waals surface area contributed by atoms with Crippen molar-refractivity contribution in [2.75, 3.05) is 13.7 Å². The van der Waals surface area contributed by atoms with Crippen LogP contribution in [0.25, 0.3) is 16.7 Å². The van der Waals surface area contributed by atoms with Crippen molar-refractivity contribution < 1.29 is 14.3 Å². The lowest BCUT2D eigenvalue weighted by atomic mass is 10.2. The molecule has 0 atom stereocenters. The quantitative estimate of drug-likeness (QED) is 0.257. The Balaban J connectivity index is 1.80. The number of hydrogen-bond donors (Lipinski definition) is 1. The number of imidazole rings is 1. The Kier molecular flexibility index (Phi) is 7.80. The Morgan fingerprint density at radius 3 is 2.60 bits per heavy atom. The lowest BCUT2D eigenvalue weighted by molar-refractivity contribution is -0.140. The standard InChI is InChI=1S/C24H30N2O3S/c1-4-8-22-25-24-20(26(22)18-12-10-17(2)11-13-18)15-19(16-21(24)30)29-14-7-5-6-9-23(27)28-3/h10-13,15-16,30H,4-9,14H2,1-3H3. The molecule has 1 aromatic heterocycles. The van der Waals surface area contributed by atoms with Crippen molar-refractivity contribution >= 4 is 29.6 Å². The lowest BCUT2D eigenvalue weighted by Gasteiger charge is -2.11. The largest absolute Gasteiger partial charge is 0.493 e. The second-order valence-corrected chi connectivity index (χ2v) is 7.98. The highest BCUT2D eigenvalue weighted by molar-refractivity contribution is 7.80. The summed E-state index contributed by atoms with van der Waals surface area (Å²) < 4.78 is 12.9. The number of fused-ring (bicyclic) bond motifs is 1. The summed E-state index contributed by atoms with van der Waals surface area (Å²) in [6.07, 6.45) is 4.99. The zero-order valence-corrected chi connectivity index (χ0v) is 18.9. The minimum Gasteiger partial charge on any atom is -0.493 e. The predicted molar refractivity (Wildman–Crippen MR) is 123 cm³/mol. The van der Waals surface area contributed by atoms with Crippen LogP contribution in [0.15, 0.2) is 41.3 Å². The van der Waals surface area contributed by atoms with E-state index in [9.17, 15) is 4.79 Å². The number of rotatable bonds is 10. The molecule has 0 saturated heterocycles. The normalized spacial score (nSPS) is 11.1. The number of benzene rings is 2. The van der Waals surface area contributed by atoms with Gasteiger partial charge in [-0.05, 0) is 50.8 Å². The van der Waals surface area contributed by atoms with Crippen LogP contribution in [0.5, 0.6) is 5.75 Å². The Hall–Kier alpha value is -2.47. The number of hydrogen-bond acceptors (Lipinski definition) is 5. The summed E-state index contributed by atoms with van der Waals surface area (Å²) in [4.78, 5) is 16.9. The summed E-state index contributed by atoms with van der Waals surface area (Å²) in [5, 5.41) is 0. The van der Waals surface area contributed by atoms with Crippen molar-refractivity contribution in [2.24, 2.45) is 0 Å². The molecule has 0 aliphatic rings. The van der Waals surface area contributed by atoms with E-state index in [1.807, 2.05) is 6.07 Å². The maximum atomic E-state index is 11.2. The van der Waals surface area contributed by atoms with Crippen molar-refractivity contribution in [1.82, 2.24) is 9.55 Å². The topological polar surface area (TPSA) is 53.4 Å². The molecule has 0 spiro atoms. The third kappa shape index (κ3) is 5.36. The molecule has 2 aromatic carbocycles. The minimum atomic E-state index is -0.159. The smallest absolute Gasteiger partial charge is 0.305 e. The molecule has 160 valence electrons. The fourth-order valence-electron chi connectivity index (χ4n) is 3.48. The van der Waals surface area contributed by atoms with Crippen molar-refractivity contribution in [3.63, 3.8) is 0 Å². The van der Waals surface area contributed by atoms with Crippen LogP contribution >= 0.6 is 12.6 Å². The van der Waals surface area contributed by atoms with E-state index >= 15 is 0 Å². The molecule has 0 radical (unpaired) electrons. The van der Waals surface area contributed by atoms with Crippen molar-refractivity contribution in [3.8, 4) is 11.4 Å². The molecule has 0 amide bonds. The van der Waals surface area contributed by atoms with Gasteiger partial charge in [0, 0.05) is 29.5 Å². The first-order valence-corrected chi connectivity index (χ1v) is 11.0. The number of methoxy groups -OCH3 is 1. The molecular weight excluding hydrogens is 396 g/mol. The molecule has 0 N–H and O–H groups in total. The van der Waals surface area contributed by atoms with Gasteiger partial charge in [0.15, 0.2) is 0 Å². The zero-order chi connectivity index (χ0) is 21.5. The highest BCUT2D eigenvalue weighted by atomic mass is 32.1. The van der Waals surface area contributed by atoms with E-state index in [0.29, 0.717) is 13.0 Å². The fraction of sp³-hybridized carbons (Fsp3) is 0.417. The number of carbonyl (C=O) groups is 1. The van der Waals surface area contributed by atoms with Crippen molar-refractivity contribution in [2.45, 2.75) is 57.3 Å². The van der Waals surface area contributed by atoms with Gasteiger partial charge in [-0.3, -0.25) is 9.36 Å². The van der Waals surface area contributed by atoms with Crippen LogP contribution in [-0.2, 0) is 16.0 Å². The van der Waals surface area contributed by atoms with Gasteiger partial charge < -0.3 is 9.47 Å². The maximum absolute atomic E-state index is 11.2. The number of aromatic nitrogens is 2. The van der Waals surface area contributed by atoms with E-state index < -0.39 is 0 Å². The first kappa shape index (κ1) is 22.2. The van der Waals surface area contributed by atoms with E-state index in [4.69, 9.17) is 9.72 Å². The number of ether oxygens (including phenoxy) is 2. The molecule has 0 unspecified atom stereocenters. The van der Waals surface area contributed by atoms with Crippen molar-refractivity contribution in [1.29, 1.82) is 0 Å². The predicted octanol–water partition coefficient (Wildman–Crippen LogP) is 5.69. The summed E-state index contributed by atoms with van der Waals surface area (Å²) in [5.41, 5.74) is 4.23. The van der Waals surface area contributed by atoms with Gasteiger partial charge in [0.2, 0.25) is 0 Å². The third-order valence-electron chi connectivity index (χ3n) is 5.07. The van der Waals surface area contributed by atoms with Crippen LogP contribution in [-0.4, -0.2) is 29.2 Å². The first-order valence-electron chi connectivity index (χ1n) is 10.5. The highest BCUT2D eigenvalue weighted by Gasteiger charge is 2.15. The van der Waals surface area contributed by atoms with E-state index in [0.717, 1.165) is 65.3 Å². The number of esters is 1. The van der Waals surface area contributed by atoms with Crippen LogP contribution in [0.2, 0.25) is 0 Å². The maximum Gasteiger partial charge on any atom is 0.305 e. The van der Waals surface area contributed by atoms with E-state index in [1.54, 1.807) is 0 Å². The van der Waals surface area contributed by atoms with Crippen LogP contribution in [0.3, 0.4) is 0 Å². The van der Waals surface area contributed by atoms with Gasteiger partial charge in [-0.15, -0.1) is 12.6 Å².